The number of nitrogens with zero attached hydrogens (tertiary/aromatic N) is 2. The predicted octanol–water partition coefficient (Wildman–Crippen LogP) is 1.46. The van der Waals surface area contributed by atoms with E-state index in [1.807, 2.05) is 12.3 Å². The molecule has 0 amide bonds. The van der Waals surface area contributed by atoms with Gasteiger partial charge in [-0.2, -0.15) is 5.10 Å². The smallest absolute Gasteiger partial charge is 0.0523 e. The molecule has 0 aromatic carbocycles. The molecule has 1 fully saturated rings. The minimum absolute atomic E-state index is 0.608. The van der Waals surface area contributed by atoms with Crippen molar-refractivity contribution in [2.45, 2.75) is 38.3 Å². The quantitative estimate of drug-likeness (QED) is 0.721. The van der Waals surface area contributed by atoms with Gasteiger partial charge in [-0.15, -0.1) is 0 Å². The number of rotatable bonds is 2. The molecular formula is C9H15N3. The number of hydrogen-bond donors (Lipinski definition) is 1. The highest BCUT2D eigenvalue weighted by atomic mass is 15.3. The summed E-state index contributed by atoms with van der Waals surface area (Å²) in [6.07, 6.45) is 7.08. The van der Waals surface area contributed by atoms with Gasteiger partial charge in [-0.25, -0.2) is 0 Å². The third-order valence-electron chi connectivity index (χ3n) is 2.63. The Morgan fingerprint density at radius 3 is 2.92 bits per heavy atom. The summed E-state index contributed by atoms with van der Waals surface area (Å²) in [5, 5.41) is 4.31. The van der Waals surface area contributed by atoms with Gasteiger partial charge in [0.15, 0.2) is 0 Å². The summed E-state index contributed by atoms with van der Waals surface area (Å²) in [6, 6.07) is 2.64. The summed E-state index contributed by atoms with van der Waals surface area (Å²) in [7, 11) is 0. The third kappa shape index (κ3) is 1.25. The van der Waals surface area contributed by atoms with Crippen molar-refractivity contribution in [3.63, 3.8) is 0 Å². The van der Waals surface area contributed by atoms with Crippen LogP contribution in [0, 0.1) is 0 Å². The summed E-state index contributed by atoms with van der Waals surface area (Å²) >= 11 is 0. The van der Waals surface area contributed by atoms with Crippen LogP contribution in [0.25, 0.3) is 0 Å². The second-order valence-corrected chi connectivity index (χ2v) is 3.41. The molecule has 1 heterocycles. The third-order valence-corrected chi connectivity index (χ3v) is 2.63. The van der Waals surface area contributed by atoms with Crippen molar-refractivity contribution in [2.24, 2.45) is 5.73 Å². The fourth-order valence-corrected chi connectivity index (χ4v) is 1.98. The summed E-state index contributed by atoms with van der Waals surface area (Å²) in [5.74, 6) is 0. The Labute approximate surface area is 72.6 Å². The lowest BCUT2D eigenvalue weighted by Gasteiger charge is -2.12. The van der Waals surface area contributed by atoms with E-state index in [0.717, 1.165) is 0 Å². The molecule has 0 atom stereocenters. The summed E-state index contributed by atoms with van der Waals surface area (Å²) in [4.78, 5) is 0. The van der Waals surface area contributed by atoms with Crippen molar-refractivity contribution in [2.75, 3.05) is 0 Å². The highest BCUT2D eigenvalue weighted by Gasteiger charge is 2.18. The highest BCUT2D eigenvalue weighted by Crippen LogP contribution is 2.29. The molecule has 0 saturated heterocycles. The normalized spacial score (nSPS) is 18.8. The van der Waals surface area contributed by atoms with E-state index in [4.69, 9.17) is 5.73 Å². The molecule has 0 radical (unpaired) electrons. The van der Waals surface area contributed by atoms with Crippen LogP contribution in [0.5, 0.6) is 0 Å². The fraction of sp³-hybridized carbons (Fsp3) is 0.667. The van der Waals surface area contributed by atoms with Crippen LogP contribution in [0.2, 0.25) is 0 Å². The number of nitrogens with two attached hydrogens (primary N) is 1. The zero-order chi connectivity index (χ0) is 8.39. The van der Waals surface area contributed by atoms with Gasteiger partial charge in [0, 0.05) is 12.7 Å². The molecular weight excluding hydrogens is 150 g/mol. The molecule has 12 heavy (non-hydrogen) atoms. The van der Waals surface area contributed by atoms with Gasteiger partial charge in [0.2, 0.25) is 0 Å². The van der Waals surface area contributed by atoms with Crippen molar-refractivity contribution in [1.82, 2.24) is 9.78 Å². The van der Waals surface area contributed by atoms with E-state index < -0.39 is 0 Å². The largest absolute Gasteiger partial charge is 0.325 e. The van der Waals surface area contributed by atoms with Crippen molar-refractivity contribution >= 4 is 0 Å². The van der Waals surface area contributed by atoms with Crippen LogP contribution in [0.4, 0.5) is 0 Å². The Balaban J connectivity index is 2.19. The lowest BCUT2D eigenvalue weighted by Crippen LogP contribution is -2.12. The van der Waals surface area contributed by atoms with Gasteiger partial charge in [-0.3, -0.25) is 4.68 Å². The first-order chi connectivity index (χ1) is 5.92. The Kier molecular flexibility index (Phi) is 2.13. The van der Waals surface area contributed by atoms with Crippen LogP contribution in [-0.4, -0.2) is 9.78 Å². The van der Waals surface area contributed by atoms with E-state index in [2.05, 4.69) is 9.78 Å². The molecule has 3 heteroatoms. The maximum absolute atomic E-state index is 5.60. The van der Waals surface area contributed by atoms with Gasteiger partial charge in [-0.1, -0.05) is 12.8 Å². The molecule has 0 spiro atoms. The molecule has 1 saturated carbocycles. The van der Waals surface area contributed by atoms with Gasteiger partial charge < -0.3 is 5.73 Å². The summed E-state index contributed by atoms with van der Waals surface area (Å²) < 4.78 is 2.10. The maximum Gasteiger partial charge on any atom is 0.0523 e. The van der Waals surface area contributed by atoms with Crippen molar-refractivity contribution in [3.8, 4) is 0 Å². The molecule has 2 N–H and O–H groups in total. The van der Waals surface area contributed by atoms with E-state index in [1.54, 1.807) is 0 Å². The fourth-order valence-electron chi connectivity index (χ4n) is 1.98. The molecule has 3 nitrogen and oxygen atoms in total. The SMILES string of the molecule is NCc1ccnn1C1CCCC1. The lowest BCUT2D eigenvalue weighted by molar-refractivity contribution is 0.450. The minimum atomic E-state index is 0.608. The van der Waals surface area contributed by atoms with Gasteiger partial charge >= 0.3 is 0 Å². The Morgan fingerprint density at radius 2 is 2.25 bits per heavy atom. The van der Waals surface area contributed by atoms with Gasteiger partial charge in [0.05, 0.1) is 11.7 Å². The van der Waals surface area contributed by atoms with E-state index >= 15 is 0 Å². The average molecular weight is 165 g/mol. The zero-order valence-electron chi connectivity index (χ0n) is 7.24. The van der Waals surface area contributed by atoms with Gasteiger partial charge in [0.25, 0.3) is 0 Å². The van der Waals surface area contributed by atoms with E-state index in [1.165, 1.54) is 31.4 Å². The van der Waals surface area contributed by atoms with Gasteiger partial charge in [-0.05, 0) is 18.9 Å². The molecule has 1 aromatic heterocycles. The molecule has 66 valence electrons. The van der Waals surface area contributed by atoms with Crippen LogP contribution < -0.4 is 5.73 Å². The van der Waals surface area contributed by atoms with Crippen LogP contribution in [-0.2, 0) is 6.54 Å². The molecule has 1 aliphatic carbocycles. The molecule has 2 rings (SSSR count). The van der Waals surface area contributed by atoms with Crippen LogP contribution >= 0.6 is 0 Å². The van der Waals surface area contributed by atoms with Gasteiger partial charge in [0.1, 0.15) is 0 Å². The highest BCUT2D eigenvalue weighted by molar-refractivity contribution is 5.01. The van der Waals surface area contributed by atoms with Crippen LogP contribution in [0.15, 0.2) is 12.3 Å². The standard InChI is InChI=1S/C9H15N3/c10-7-9-5-6-11-12(9)8-3-1-2-4-8/h5-6,8H,1-4,7,10H2. The molecule has 0 unspecified atom stereocenters. The topological polar surface area (TPSA) is 43.8 Å². The zero-order valence-corrected chi connectivity index (χ0v) is 7.24. The van der Waals surface area contributed by atoms with Crippen molar-refractivity contribution in [3.05, 3.63) is 18.0 Å². The summed E-state index contributed by atoms with van der Waals surface area (Å²) in [5.41, 5.74) is 6.77. The van der Waals surface area contributed by atoms with E-state index in [9.17, 15) is 0 Å². The predicted molar refractivity (Wildman–Crippen MR) is 47.6 cm³/mol. The first kappa shape index (κ1) is 7.80. The Bertz CT molecular complexity index is 248. The number of aromatic nitrogens is 2. The lowest BCUT2D eigenvalue weighted by atomic mass is 10.2. The second kappa shape index (κ2) is 3.27. The maximum atomic E-state index is 5.60. The number of hydrogen-bond acceptors (Lipinski definition) is 2. The monoisotopic (exact) mass is 165 g/mol. The Hall–Kier alpha value is -0.830. The van der Waals surface area contributed by atoms with Crippen molar-refractivity contribution in [1.29, 1.82) is 0 Å². The molecule has 0 aliphatic heterocycles. The molecule has 0 bridgehead atoms. The first-order valence-corrected chi connectivity index (χ1v) is 4.64. The molecule has 1 aliphatic rings. The Morgan fingerprint density at radius 1 is 1.50 bits per heavy atom. The molecule has 1 aromatic rings. The van der Waals surface area contributed by atoms with Crippen LogP contribution in [0.1, 0.15) is 37.4 Å². The van der Waals surface area contributed by atoms with Crippen LogP contribution in [0.3, 0.4) is 0 Å². The van der Waals surface area contributed by atoms with E-state index in [0.29, 0.717) is 12.6 Å². The van der Waals surface area contributed by atoms with E-state index in [-0.39, 0.29) is 0 Å². The summed E-state index contributed by atoms with van der Waals surface area (Å²) in [6.45, 7) is 0.608. The first-order valence-electron chi connectivity index (χ1n) is 4.64. The minimum Gasteiger partial charge on any atom is -0.325 e. The second-order valence-electron chi connectivity index (χ2n) is 3.41. The van der Waals surface area contributed by atoms with Crippen molar-refractivity contribution < 1.29 is 0 Å². The average Bonchev–Trinajstić information content (AvgIpc) is 2.74.